The highest BCUT2D eigenvalue weighted by Crippen LogP contribution is 2.26. The molecule has 0 saturated heterocycles. The van der Waals surface area contributed by atoms with Gasteiger partial charge in [-0.25, -0.2) is 13.1 Å². The van der Waals surface area contributed by atoms with Crippen molar-refractivity contribution in [3.63, 3.8) is 0 Å². The number of nitrogens with zero attached hydrogens (tertiary/aromatic N) is 4. The lowest BCUT2D eigenvalue weighted by molar-refractivity contribution is -0.274. The van der Waals surface area contributed by atoms with E-state index in [1.165, 1.54) is 23.1 Å². The Bertz CT molecular complexity index is 989. The van der Waals surface area contributed by atoms with Gasteiger partial charge in [-0.05, 0) is 46.8 Å². The molecule has 0 fully saturated rings. The van der Waals surface area contributed by atoms with Gasteiger partial charge in [0.25, 0.3) is 10.0 Å². The van der Waals surface area contributed by atoms with Crippen LogP contribution < -0.4 is 9.46 Å². The zero-order valence-electron chi connectivity index (χ0n) is 12.8. The molecule has 1 heterocycles. The second kappa shape index (κ2) is 6.63. The summed E-state index contributed by atoms with van der Waals surface area (Å²) in [6, 6.07) is 10.2. The molecule has 0 aliphatic heterocycles. The molecule has 0 bridgehead atoms. The molecule has 3 aromatic rings. The second-order valence-corrected chi connectivity index (χ2v) is 6.61. The zero-order valence-corrected chi connectivity index (χ0v) is 13.6. The molecule has 0 spiro atoms. The number of aromatic nitrogens is 4. The average molecular weight is 385 g/mol. The van der Waals surface area contributed by atoms with Gasteiger partial charge >= 0.3 is 6.36 Å². The van der Waals surface area contributed by atoms with E-state index >= 15 is 0 Å². The molecule has 0 radical (unpaired) electrons. The number of ether oxygens (including phenoxy) is 1. The summed E-state index contributed by atoms with van der Waals surface area (Å²) in [5.74, 6) is -0.630. The Morgan fingerprint density at radius 1 is 1.08 bits per heavy atom. The molecule has 2 aromatic carbocycles. The maximum absolute atomic E-state index is 12.3. The third-order valence-electron chi connectivity index (χ3n) is 3.08. The van der Waals surface area contributed by atoms with E-state index in [0.29, 0.717) is 5.69 Å². The van der Waals surface area contributed by atoms with Gasteiger partial charge in [-0.15, -0.1) is 18.3 Å². The van der Waals surface area contributed by atoms with Crippen molar-refractivity contribution in [3.05, 3.63) is 54.9 Å². The van der Waals surface area contributed by atoms with E-state index in [-0.39, 0.29) is 10.6 Å². The highest BCUT2D eigenvalue weighted by atomic mass is 32.2. The monoisotopic (exact) mass is 385 g/mol. The Morgan fingerprint density at radius 2 is 1.81 bits per heavy atom. The largest absolute Gasteiger partial charge is 0.573 e. The van der Waals surface area contributed by atoms with E-state index in [4.69, 9.17) is 0 Å². The minimum atomic E-state index is -4.91. The lowest BCUT2D eigenvalue weighted by atomic mass is 10.3. The van der Waals surface area contributed by atoms with Crippen molar-refractivity contribution >= 4 is 15.7 Å². The van der Waals surface area contributed by atoms with Crippen LogP contribution in [0.3, 0.4) is 0 Å². The maximum Gasteiger partial charge on any atom is 0.573 e. The fraction of sp³-hybridized carbons (Fsp3) is 0.0714. The number of halogens is 3. The van der Waals surface area contributed by atoms with Crippen LogP contribution in [0.5, 0.6) is 5.75 Å². The van der Waals surface area contributed by atoms with Crippen LogP contribution in [0.4, 0.5) is 18.9 Å². The Balaban J connectivity index is 1.79. The summed E-state index contributed by atoms with van der Waals surface area (Å²) in [6.07, 6.45) is -3.55. The van der Waals surface area contributed by atoms with E-state index in [1.54, 1.807) is 12.1 Å². The summed E-state index contributed by atoms with van der Waals surface area (Å²) in [6.45, 7) is 0. The molecule has 8 nitrogen and oxygen atoms in total. The van der Waals surface area contributed by atoms with Crippen LogP contribution in [0.15, 0.2) is 59.8 Å². The van der Waals surface area contributed by atoms with Crippen LogP contribution in [0, 0.1) is 0 Å². The third kappa shape index (κ3) is 4.27. The summed E-state index contributed by atoms with van der Waals surface area (Å²) >= 11 is 0. The normalized spacial score (nSPS) is 12.0. The lowest BCUT2D eigenvalue weighted by Gasteiger charge is -2.12. The van der Waals surface area contributed by atoms with Crippen LogP contribution in [-0.4, -0.2) is 35.0 Å². The highest BCUT2D eigenvalue weighted by molar-refractivity contribution is 7.92. The Labute approximate surface area is 145 Å². The second-order valence-electron chi connectivity index (χ2n) is 4.93. The first-order valence-corrected chi connectivity index (χ1v) is 8.43. The Kier molecular flexibility index (Phi) is 4.50. The van der Waals surface area contributed by atoms with Crippen molar-refractivity contribution in [1.82, 2.24) is 20.2 Å². The van der Waals surface area contributed by atoms with Gasteiger partial charge < -0.3 is 4.74 Å². The standard InChI is InChI=1S/C14H10F3N5O3S/c15-14(16,17)25-12-2-1-3-13(8-12)26(23,24)19-10-4-6-11(7-5-10)22-9-18-20-21-22/h1-9,19H. The first-order valence-electron chi connectivity index (χ1n) is 6.95. The number of sulfonamides is 1. The van der Waals surface area contributed by atoms with Crippen LogP contribution in [0.2, 0.25) is 0 Å². The van der Waals surface area contributed by atoms with E-state index in [9.17, 15) is 21.6 Å². The Hall–Kier alpha value is -3.15. The van der Waals surface area contributed by atoms with E-state index in [1.807, 2.05) is 0 Å². The number of nitrogens with one attached hydrogen (secondary N) is 1. The molecule has 26 heavy (non-hydrogen) atoms. The molecular weight excluding hydrogens is 375 g/mol. The molecule has 0 unspecified atom stereocenters. The summed E-state index contributed by atoms with van der Waals surface area (Å²) in [5, 5.41) is 10.7. The molecule has 1 aromatic heterocycles. The van der Waals surface area contributed by atoms with Gasteiger partial charge in [0.2, 0.25) is 0 Å². The van der Waals surface area contributed by atoms with Crippen LogP contribution in [-0.2, 0) is 10.0 Å². The smallest absolute Gasteiger partial charge is 0.406 e. The van der Waals surface area contributed by atoms with Gasteiger partial charge in [0.15, 0.2) is 0 Å². The summed E-state index contributed by atoms with van der Waals surface area (Å²) < 4.78 is 68.9. The topological polar surface area (TPSA) is 99.0 Å². The SMILES string of the molecule is O=S(=O)(Nc1ccc(-n2cnnn2)cc1)c1cccc(OC(F)(F)F)c1. The number of anilines is 1. The lowest BCUT2D eigenvalue weighted by Crippen LogP contribution is -2.18. The average Bonchev–Trinajstić information content (AvgIpc) is 3.08. The van der Waals surface area contributed by atoms with Crippen molar-refractivity contribution in [2.45, 2.75) is 11.3 Å². The molecule has 12 heteroatoms. The number of hydrogen-bond donors (Lipinski definition) is 1. The first kappa shape index (κ1) is 17.7. The number of hydrogen-bond acceptors (Lipinski definition) is 6. The zero-order chi connectivity index (χ0) is 18.8. The molecule has 136 valence electrons. The molecule has 3 rings (SSSR count). The first-order chi connectivity index (χ1) is 12.2. The fourth-order valence-corrected chi connectivity index (χ4v) is 3.11. The van der Waals surface area contributed by atoms with Crippen molar-refractivity contribution < 1.29 is 26.3 Å². The van der Waals surface area contributed by atoms with Crippen molar-refractivity contribution in [2.75, 3.05) is 4.72 Å². The van der Waals surface area contributed by atoms with Gasteiger partial charge in [0, 0.05) is 11.8 Å². The van der Waals surface area contributed by atoms with E-state index in [0.717, 1.165) is 24.3 Å². The Morgan fingerprint density at radius 3 is 2.42 bits per heavy atom. The maximum atomic E-state index is 12.3. The number of benzene rings is 2. The quantitative estimate of drug-likeness (QED) is 0.724. The summed E-state index contributed by atoms with van der Waals surface area (Å²) in [5.41, 5.74) is 0.808. The molecule has 0 amide bonds. The molecule has 0 aliphatic carbocycles. The van der Waals surface area contributed by atoms with Crippen molar-refractivity contribution in [3.8, 4) is 11.4 Å². The highest BCUT2D eigenvalue weighted by Gasteiger charge is 2.31. The number of rotatable bonds is 5. The fourth-order valence-electron chi connectivity index (χ4n) is 2.01. The minimum absolute atomic E-state index is 0.212. The van der Waals surface area contributed by atoms with Gasteiger partial charge in [-0.1, -0.05) is 6.07 Å². The minimum Gasteiger partial charge on any atom is -0.406 e. The summed E-state index contributed by atoms with van der Waals surface area (Å²) in [7, 11) is -4.10. The molecule has 1 N–H and O–H groups in total. The number of alkyl halides is 3. The van der Waals surface area contributed by atoms with Crippen LogP contribution in [0.1, 0.15) is 0 Å². The van der Waals surface area contributed by atoms with Gasteiger partial charge in [-0.3, -0.25) is 4.72 Å². The predicted molar refractivity (Wildman–Crippen MR) is 83.1 cm³/mol. The van der Waals surface area contributed by atoms with E-state index in [2.05, 4.69) is 25.0 Å². The predicted octanol–water partition coefficient (Wildman–Crippen LogP) is 2.36. The number of tetrazole rings is 1. The molecule has 0 aliphatic rings. The van der Waals surface area contributed by atoms with Crippen molar-refractivity contribution in [1.29, 1.82) is 0 Å². The van der Waals surface area contributed by atoms with Crippen LogP contribution in [0.25, 0.3) is 5.69 Å². The van der Waals surface area contributed by atoms with Gasteiger partial charge in [0.1, 0.15) is 12.1 Å². The van der Waals surface area contributed by atoms with Crippen molar-refractivity contribution in [2.24, 2.45) is 0 Å². The third-order valence-corrected chi connectivity index (χ3v) is 4.46. The molecule has 0 saturated carbocycles. The van der Waals surface area contributed by atoms with Crippen LogP contribution >= 0.6 is 0 Å². The molecular formula is C14H10F3N5O3S. The van der Waals surface area contributed by atoms with E-state index < -0.39 is 22.1 Å². The van der Waals surface area contributed by atoms with Gasteiger partial charge in [0.05, 0.1) is 10.6 Å². The summed E-state index contributed by atoms with van der Waals surface area (Å²) in [4.78, 5) is -0.371. The van der Waals surface area contributed by atoms with Gasteiger partial charge in [-0.2, -0.15) is 0 Å². The molecule has 0 atom stereocenters.